The molecule has 1 heterocycles. The van der Waals surface area contributed by atoms with E-state index in [0.29, 0.717) is 37.4 Å². The van der Waals surface area contributed by atoms with Crippen LogP contribution in [0, 0.1) is 11.3 Å². The predicted molar refractivity (Wildman–Crippen MR) is 95.4 cm³/mol. The van der Waals surface area contributed by atoms with Crippen LogP contribution in [0.5, 0.6) is 0 Å². The maximum Gasteiger partial charge on any atom is 0.418 e. The topological polar surface area (TPSA) is 59.4 Å². The van der Waals surface area contributed by atoms with Crippen molar-refractivity contribution in [3.8, 4) is 6.07 Å². The lowest BCUT2D eigenvalue weighted by Gasteiger charge is -2.37. The number of hydrogen-bond acceptors (Lipinski definition) is 3. The molecular formula is C19H17F3N4O. The fourth-order valence-electron chi connectivity index (χ4n) is 2.97. The Labute approximate surface area is 154 Å². The van der Waals surface area contributed by atoms with Crippen molar-refractivity contribution >= 4 is 17.4 Å². The number of para-hydroxylation sites is 1. The molecule has 1 N–H and O–H groups in total. The van der Waals surface area contributed by atoms with E-state index in [1.54, 1.807) is 40.1 Å². The highest BCUT2D eigenvalue weighted by molar-refractivity contribution is 5.89. The summed E-state index contributed by atoms with van der Waals surface area (Å²) in [5.74, 6) is 0. The van der Waals surface area contributed by atoms with Gasteiger partial charge in [-0.1, -0.05) is 12.1 Å². The molecule has 5 nitrogen and oxygen atoms in total. The lowest BCUT2D eigenvalue weighted by atomic mass is 10.1. The summed E-state index contributed by atoms with van der Waals surface area (Å²) in [5.41, 5.74) is 0.520. The normalized spacial score (nSPS) is 14.6. The number of amides is 2. The maximum atomic E-state index is 13.2. The zero-order chi connectivity index (χ0) is 19.4. The zero-order valence-corrected chi connectivity index (χ0v) is 14.3. The summed E-state index contributed by atoms with van der Waals surface area (Å²) in [6, 6.07) is 13.6. The van der Waals surface area contributed by atoms with Gasteiger partial charge in [0.1, 0.15) is 0 Å². The molecule has 0 unspecified atom stereocenters. The van der Waals surface area contributed by atoms with Gasteiger partial charge < -0.3 is 15.1 Å². The number of nitrogens with zero attached hydrogens (tertiary/aromatic N) is 3. The predicted octanol–water partition coefficient (Wildman–Crippen LogP) is 3.93. The zero-order valence-electron chi connectivity index (χ0n) is 14.3. The SMILES string of the molecule is N#Cc1ccc(NC(=O)N2CCN(c3ccccc3C(F)(F)F)CC2)cc1. The van der Waals surface area contributed by atoms with Gasteiger partial charge in [0.15, 0.2) is 0 Å². The van der Waals surface area contributed by atoms with Gasteiger partial charge in [0.25, 0.3) is 0 Å². The first-order valence-corrected chi connectivity index (χ1v) is 8.36. The molecule has 8 heteroatoms. The Morgan fingerprint density at radius 2 is 1.63 bits per heavy atom. The van der Waals surface area contributed by atoms with Crippen LogP contribution in [-0.2, 0) is 6.18 Å². The first-order valence-electron chi connectivity index (χ1n) is 8.36. The van der Waals surface area contributed by atoms with Gasteiger partial charge in [-0.3, -0.25) is 0 Å². The minimum absolute atomic E-state index is 0.136. The van der Waals surface area contributed by atoms with Crippen molar-refractivity contribution in [2.24, 2.45) is 0 Å². The molecule has 0 bridgehead atoms. The Morgan fingerprint density at radius 3 is 2.22 bits per heavy atom. The Morgan fingerprint density at radius 1 is 1.00 bits per heavy atom. The number of hydrogen-bond donors (Lipinski definition) is 1. The second-order valence-electron chi connectivity index (χ2n) is 6.11. The van der Waals surface area contributed by atoms with E-state index < -0.39 is 11.7 Å². The molecule has 0 radical (unpaired) electrons. The van der Waals surface area contributed by atoms with Crippen molar-refractivity contribution in [2.45, 2.75) is 6.18 Å². The van der Waals surface area contributed by atoms with E-state index >= 15 is 0 Å². The molecule has 0 spiro atoms. The fourth-order valence-corrected chi connectivity index (χ4v) is 2.97. The molecule has 0 saturated carbocycles. The highest BCUT2D eigenvalue weighted by atomic mass is 19.4. The van der Waals surface area contributed by atoms with Gasteiger partial charge in [0.2, 0.25) is 0 Å². The summed E-state index contributed by atoms with van der Waals surface area (Å²) in [5, 5.41) is 11.5. The highest BCUT2D eigenvalue weighted by Crippen LogP contribution is 2.36. The average molecular weight is 374 g/mol. The van der Waals surface area contributed by atoms with Gasteiger partial charge in [0.05, 0.1) is 17.2 Å². The van der Waals surface area contributed by atoms with Gasteiger partial charge >= 0.3 is 12.2 Å². The van der Waals surface area contributed by atoms with Crippen LogP contribution in [0.1, 0.15) is 11.1 Å². The molecule has 140 valence electrons. The van der Waals surface area contributed by atoms with Crippen LogP contribution in [0.25, 0.3) is 0 Å². The van der Waals surface area contributed by atoms with Crippen LogP contribution in [0.2, 0.25) is 0 Å². The third-order valence-corrected chi connectivity index (χ3v) is 4.38. The molecule has 2 aromatic rings. The van der Waals surface area contributed by atoms with E-state index in [1.165, 1.54) is 12.1 Å². The van der Waals surface area contributed by atoms with E-state index in [-0.39, 0.29) is 11.7 Å². The van der Waals surface area contributed by atoms with Crippen molar-refractivity contribution in [1.29, 1.82) is 5.26 Å². The van der Waals surface area contributed by atoms with E-state index in [0.717, 1.165) is 6.07 Å². The Hall–Kier alpha value is -3.21. The summed E-state index contributed by atoms with van der Waals surface area (Å²) in [7, 11) is 0. The first-order chi connectivity index (χ1) is 12.9. The van der Waals surface area contributed by atoms with Crippen molar-refractivity contribution in [3.63, 3.8) is 0 Å². The number of benzene rings is 2. The van der Waals surface area contributed by atoms with Crippen LogP contribution >= 0.6 is 0 Å². The first kappa shape index (κ1) is 18.6. The quantitative estimate of drug-likeness (QED) is 0.867. The smallest absolute Gasteiger partial charge is 0.367 e. The fraction of sp³-hybridized carbons (Fsp3) is 0.263. The van der Waals surface area contributed by atoms with Crippen molar-refractivity contribution in [1.82, 2.24) is 4.90 Å². The number of carbonyl (C=O) groups is 1. The van der Waals surface area contributed by atoms with Gasteiger partial charge in [-0.15, -0.1) is 0 Å². The van der Waals surface area contributed by atoms with Gasteiger partial charge in [-0.05, 0) is 36.4 Å². The van der Waals surface area contributed by atoms with Gasteiger partial charge in [0, 0.05) is 37.6 Å². The molecule has 2 aromatic carbocycles. The van der Waals surface area contributed by atoms with Crippen LogP contribution < -0.4 is 10.2 Å². The number of nitrogens with one attached hydrogen (secondary N) is 1. The minimum Gasteiger partial charge on any atom is -0.367 e. The minimum atomic E-state index is -4.42. The Kier molecular flexibility index (Phi) is 5.21. The molecule has 1 saturated heterocycles. The van der Waals surface area contributed by atoms with Crippen LogP contribution in [0.15, 0.2) is 48.5 Å². The number of halogens is 3. The highest BCUT2D eigenvalue weighted by Gasteiger charge is 2.35. The molecule has 0 aromatic heterocycles. The number of alkyl halides is 3. The summed E-state index contributed by atoms with van der Waals surface area (Å²) in [6.07, 6.45) is -4.42. The largest absolute Gasteiger partial charge is 0.418 e. The van der Waals surface area contributed by atoms with Crippen LogP contribution in [0.3, 0.4) is 0 Å². The second-order valence-corrected chi connectivity index (χ2v) is 6.11. The summed E-state index contributed by atoms with van der Waals surface area (Å²) >= 11 is 0. The summed E-state index contributed by atoms with van der Waals surface area (Å²) < 4.78 is 39.5. The molecule has 1 aliphatic rings. The number of piperazine rings is 1. The van der Waals surface area contributed by atoms with E-state index in [4.69, 9.17) is 5.26 Å². The van der Waals surface area contributed by atoms with Crippen LogP contribution in [-0.4, -0.2) is 37.1 Å². The van der Waals surface area contributed by atoms with E-state index in [9.17, 15) is 18.0 Å². The lowest BCUT2D eigenvalue weighted by molar-refractivity contribution is -0.137. The van der Waals surface area contributed by atoms with Crippen molar-refractivity contribution < 1.29 is 18.0 Å². The number of rotatable bonds is 2. The third-order valence-electron chi connectivity index (χ3n) is 4.38. The standard InChI is InChI=1S/C19H17F3N4O/c20-19(21,22)16-3-1-2-4-17(16)25-9-11-26(12-10-25)18(27)24-15-7-5-14(13-23)6-8-15/h1-8H,9-12H2,(H,24,27). The van der Waals surface area contributed by atoms with E-state index in [1.807, 2.05) is 6.07 Å². The van der Waals surface area contributed by atoms with Crippen molar-refractivity contribution in [3.05, 3.63) is 59.7 Å². The monoisotopic (exact) mass is 374 g/mol. The van der Waals surface area contributed by atoms with Gasteiger partial charge in [-0.25, -0.2) is 4.79 Å². The molecule has 27 heavy (non-hydrogen) atoms. The van der Waals surface area contributed by atoms with Gasteiger partial charge in [-0.2, -0.15) is 18.4 Å². The second kappa shape index (κ2) is 7.58. The molecule has 2 amide bonds. The average Bonchev–Trinajstić information content (AvgIpc) is 2.68. The molecule has 0 atom stereocenters. The van der Waals surface area contributed by atoms with Crippen molar-refractivity contribution in [2.75, 3.05) is 36.4 Å². The number of urea groups is 1. The summed E-state index contributed by atoms with van der Waals surface area (Å²) in [6.45, 7) is 1.25. The van der Waals surface area contributed by atoms with E-state index in [2.05, 4.69) is 5.32 Å². The van der Waals surface area contributed by atoms with Crippen LogP contribution in [0.4, 0.5) is 29.3 Å². The molecule has 3 rings (SSSR count). The molecular weight excluding hydrogens is 357 g/mol. The maximum absolute atomic E-state index is 13.2. The third kappa shape index (κ3) is 4.31. The molecule has 1 fully saturated rings. The lowest BCUT2D eigenvalue weighted by Crippen LogP contribution is -2.50. The Balaban J connectivity index is 1.62. The number of anilines is 2. The number of carbonyl (C=O) groups excluding carboxylic acids is 1. The number of nitriles is 1. The molecule has 0 aliphatic carbocycles. The Bertz CT molecular complexity index is 850. The molecule has 1 aliphatic heterocycles. The summed E-state index contributed by atoms with van der Waals surface area (Å²) in [4.78, 5) is 15.6.